The Morgan fingerprint density at radius 3 is 2.64 bits per heavy atom. The summed E-state index contributed by atoms with van der Waals surface area (Å²) in [7, 11) is 1.62. The predicted octanol–water partition coefficient (Wildman–Crippen LogP) is 4.43. The molecule has 0 bridgehead atoms. The first-order chi connectivity index (χ1) is 6.69. The molecule has 3 heteroatoms. The van der Waals surface area contributed by atoms with Crippen LogP contribution in [0.4, 0.5) is 0 Å². The lowest BCUT2D eigenvalue weighted by atomic mass is 10.1. The van der Waals surface area contributed by atoms with Gasteiger partial charge in [0.2, 0.25) is 0 Å². The molecule has 1 unspecified atom stereocenters. The minimum absolute atomic E-state index is 0.00148. The summed E-state index contributed by atoms with van der Waals surface area (Å²) in [6.45, 7) is 2.10. The maximum Gasteiger partial charge on any atom is 0.120 e. The Balaban J connectivity index is 2.88. The maximum atomic E-state index is 6.18. The van der Waals surface area contributed by atoms with Crippen LogP contribution in [-0.4, -0.2) is 7.11 Å². The monoisotopic (exact) mass is 232 g/mol. The number of methoxy groups -OCH3 is 1. The largest absolute Gasteiger partial charge is 0.497 e. The van der Waals surface area contributed by atoms with Gasteiger partial charge in [0.15, 0.2) is 0 Å². The fraction of sp³-hybridized carbons (Fsp3) is 0.455. The van der Waals surface area contributed by atoms with E-state index in [1.807, 2.05) is 12.1 Å². The Morgan fingerprint density at radius 2 is 2.14 bits per heavy atom. The van der Waals surface area contributed by atoms with Gasteiger partial charge < -0.3 is 4.74 Å². The quantitative estimate of drug-likeness (QED) is 0.699. The molecule has 0 heterocycles. The zero-order valence-corrected chi connectivity index (χ0v) is 9.90. The van der Waals surface area contributed by atoms with Gasteiger partial charge in [-0.15, -0.1) is 11.6 Å². The predicted molar refractivity (Wildman–Crippen MR) is 61.5 cm³/mol. The molecular weight excluding hydrogens is 219 g/mol. The van der Waals surface area contributed by atoms with Gasteiger partial charge >= 0.3 is 0 Å². The lowest BCUT2D eigenvalue weighted by molar-refractivity contribution is 0.414. The van der Waals surface area contributed by atoms with Gasteiger partial charge in [0.25, 0.3) is 0 Å². The Kier molecular flexibility index (Phi) is 4.56. The lowest BCUT2D eigenvalue weighted by Gasteiger charge is -2.11. The number of hydrogen-bond acceptors (Lipinski definition) is 1. The summed E-state index contributed by atoms with van der Waals surface area (Å²) in [5, 5.41) is 0.677. The summed E-state index contributed by atoms with van der Waals surface area (Å²) in [6, 6.07) is 5.60. The molecule has 0 aromatic heterocycles. The number of benzene rings is 1. The van der Waals surface area contributed by atoms with E-state index in [0.717, 1.165) is 24.2 Å². The van der Waals surface area contributed by atoms with E-state index in [9.17, 15) is 0 Å². The third-order valence-corrected chi connectivity index (χ3v) is 2.87. The first-order valence-electron chi connectivity index (χ1n) is 4.66. The van der Waals surface area contributed by atoms with Gasteiger partial charge in [-0.25, -0.2) is 0 Å². The van der Waals surface area contributed by atoms with Gasteiger partial charge in [-0.1, -0.05) is 31.0 Å². The highest BCUT2D eigenvalue weighted by molar-refractivity contribution is 6.32. The average molecular weight is 233 g/mol. The number of rotatable bonds is 4. The van der Waals surface area contributed by atoms with Crippen LogP contribution in [0.25, 0.3) is 0 Å². The van der Waals surface area contributed by atoms with Crippen molar-refractivity contribution < 1.29 is 4.74 Å². The van der Waals surface area contributed by atoms with E-state index in [1.165, 1.54) is 0 Å². The number of halogens is 2. The van der Waals surface area contributed by atoms with Gasteiger partial charge in [0, 0.05) is 5.02 Å². The molecule has 78 valence electrons. The van der Waals surface area contributed by atoms with Gasteiger partial charge in [-0.3, -0.25) is 0 Å². The van der Waals surface area contributed by atoms with Crippen molar-refractivity contribution in [1.29, 1.82) is 0 Å². The molecule has 0 N–H and O–H groups in total. The van der Waals surface area contributed by atoms with Crippen molar-refractivity contribution in [3.8, 4) is 5.75 Å². The molecule has 0 spiro atoms. The Labute approximate surface area is 95.0 Å². The summed E-state index contributed by atoms with van der Waals surface area (Å²) < 4.78 is 5.06. The summed E-state index contributed by atoms with van der Waals surface area (Å²) >= 11 is 12.3. The highest BCUT2D eigenvalue weighted by Gasteiger charge is 2.11. The van der Waals surface area contributed by atoms with Crippen LogP contribution in [0.1, 0.15) is 30.7 Å². The van der Waals surface area contributed by atoms with Crippen LogP contribution in [0, 0.1) is 0 Å². The second-order valence-electron chi connectivity index (χ2n) is 3.14. The van der Waals surface area contributed by atoms with Gasteiger partial charge in [0.05, 0.1) is 12.5 Å². The molecule has 1 aromatic carbocycles. The third-order valence-electron chi connectivity index (χ3n) is 2.09. The van der Waals surface area contributed by atoms with Crippen LogP contribution in [0.3, 0.4) is 0 Å². The van der Waals surface area contributed by atoms with E-state index >= 15 is 0 Å². The smallest absolute Gasteiger partial charge is 0.120 e. The van der Waals surface area contributed by atoms with Crippen molar-refractivity contribution in [2.75, 3.05) is 7.11 Å². The highest BCUT2D eigenvalue weighted by Crippen LogP contribution is 2.33. The molecule has 0 amide bonds. The number of ether oxygens (including phenoxy) is 1. The van der Waals surface area contributed by atoms with Crippen LogP contribution in [-0.2, 0) is 0 Å². The molecule has 1 aromatic rings. The van der Waals surface area contributed by atoms with Crippen LogP contribution in [0.15, 0.2) is 18.2 Å². The average Bonchev–Trinajstić information content (AvgIpc) is 2.17. The molecule has 1 nitrogen and oxygen atoms in total. The first kappa shape index (κ1) is 11.7. The van der Waals surface area contributed by atoms with E-state index in [1.54, 1.807) is 13.2 Å². The van der Waals surface area contributed by atoms with Crippen LogP contribution >= 0.6 is 23.2 Å². The molecule has 0 radical (unpaired) electrons. The fourth-order valence-corrected chi connectivity index (χ4v) is 2.06. The van der Waals surface area contributed by atoms with Gasteiger partial charge in [-0.05, 0) is 24.1 Å². The summed E-state index contributed by atoms with van der Waals surface area (Å²) in [5.41, 5.74) is 0.982. The highest BCUT2D eigenvalue weighted by atomic mass is 35.5. The normalized spacial score (nSPS) is 12.6. The van der Waals surface area contributed by atoms with E-state index in [-0.39, 0.29) is 5.38 Å². The standard InChI is InChI=1S/C11H14Cl2O/c1-3-4-10(12)9-6-5-8(14-2)7-11(9)13/h5-7,10H,3-4H2,1-2H3. The fourth-order valence-electron chi connectivity index (χ4n) is 1.30. The Hall–Kier alpha value is -0.400. The van der Waals surface area contributed by atoms with E-state index in [2.05, 4.69) is 6.92 Å². The zero-order chi connectivity index (χ0) is 10.6. The van der Waals surface area contributed by atoms with Crippen LogP contribution in [0.2, 0.25) is 5.02 Å². The van der Waals surface area contributed by atoms with Gasteiger partial charge in [-0.2, -0.15) is 0 Å². The van der Waals surface area contributed by atoms with E-state index in [0.29, 0.717) is 5.02 Å². The molecule has 0 saturated heterocycles. The molecular formula is C11H14Cl2O. The molecule has 0 aliphatic heterocycles. The molecule has 0 aliphatic carbocycles. The Morgan fingerprint density at radius 1 is 1.43 bits per heavy atom. The summed E-state index contributed by atoms with van der Waals surface area (Å²) in [4.78, 5) is 0. The van der Waals surface area contributed by atoms with Crippen molar-refractivity contribution in [2.24, 2.45) is 0 Å². The molecule has 1 atom stereocenters. The first-order valence-corrected chi connectivity index (χ1v) is 5.48. The summed E-state index contributed by atoms with van der Waals surface area (Å²) in [5.74, 6) is 0.763. The van der Waals surface area contributed by atoms with E-state index < -0.39 is 0 Å². The van der Waals surface area contributed by atoms with Crippen LogP contribution < -0.4 is 4.74 Å². The zero-order valence-electron chi connectivity index (χ0n) is 8.39. The number of alkyl halides is 1. The van der Waals surface area contributed by atoms with Crippen LogP contribution in [0.5, 0.6) is 5.75 Å². The summed E-state index contributed by atoms with van der Waals surface area (Å²) in [6.07, 6.45) is 1.99. The van der Waals surface area contributed by atoms with Gasteiger partial charge in [0.1, 0.15) is 5.75 Å². The van der Waals surface area contributed by atoms with Crippen molar-refractivity contribution in [3.63, 3.8) is 0 Å². The number of hydrogen-bond donors (Lipinski definition) is 0. The third kappa shape index (κ3) is 2.79. The van der Waals surface area contributed by atoms with Crippen molar-refractivity contribution in [2.45, 2.75) is 25.1 Å². The Bertz CT molecular complexity index is 299. The minimum atomic E-state index is -0.00148. The SMILES string of the molecule is CCCC(Cl)c1ccc(OC)cc1Cl. The minimum Gasteiger partial charge on any atom is -0.497 e. The lowest BCUT2D eigenvalue weighted by Crippen LogP contribution is -1.92. The molecule has 0 aliphatic rings. The molecule has 14 heavy (non-hydrogen) atoms. The topological polar surface area (TPSA) is 9.23 Å². The molecule has 1 rings (SSSR count). The second-order valence-corrected chi connectivity index (χ2v) is 4.08. The second kappa shape index (κ2) is 5.47. The maximum absolute atomic E-state index is 6.18. The molecule has 0 fully saturated rings. The van der Waals surface area contributed by atoms with Crippen molar-refractivity contribution in [1.82, 2.24) is 0 Å². The van der Waals surface area contributed by atoms with E-state index in [4.69, 9.17) is 27.9 Å². The van der Waals surface area contributed by atoms with Crippen molar-refractivity contribution in [3.05, 3.63) is 28.8 Å². The van der Waals surface area contributed by atoms with Crippen molar-refractivity contribution >= 4 is 23.2 Å². The molecule has 0 saturated carbocycles.